The summed E-state index contributed by atoms with van der Waals surface area (Å²) in [5.74, 6) is -1.19. The molecule has 0 spiro atoms. The summed E-state index contributed by atoms with van der Waals surface area (Å²) in [5.41, 5.74) is 6.14. The second-order valence-electron chi connectivity index (χ2n) is 6.71. The van der Waals surface area contributed by atoms with E-state index in [0.29, 0.717) is 16.7 Å². The molecule has 0 aliphatic carbocycles. The lowest BCUT2D eigenvalue weighted by Gasteiger charge is -2.30. The van der Waals surface area contributed by atoms with Gasteiger partial charge in [0.1, 0.15) is 6.04 Å². The second kappa shape index (κ2) is 8.82. The number of nitrogens with two attached hydrogens (primary N) is 1. The minimum absolute atomic E-state index is 0.0889. The molecule has 0 saturated heterocycles. The molecule has 154 valence electrons. The third kappa shape index (κ3) is 4.86. The highest BCUT2D eigenvalue weighted by atomic mass is 19.4. The van der Waals surface area contributed by atoms with Gasteiger partial charge in [0.2, 0.25) is 5.91 Å². The zero-order chi connectivity index (χ0) is 21.7. The molecular formula is C23H19F3N2O2. The van der Waals surface area contributed by atoms with Gasteiger partial charge >= 0.3 is 6.18 Å². The lowest BCUT2D eigenvalue weighted by molar-refractivity contribution is -0.137. The van der Waals surface area contributed by atoms with Crippen LogP contribution < -0.4 is 5.73 Å². The lowest BCUT2D eigenvalue weighted by atomic mass is 10.0. The van der Waals surface area contributed by atoms with Crippen LogP contribution in [0.3, 0.4) is 0 Å². The van der Waals surface area contributed by atoms with Crippen molar-refractivity contribution in [2.24, 2.45) is 5.73 Å². The van der Waals surface area contributed by atoms with E-state index in [1.807, 2.05) is 0 Å². The van der Waals surface area contributed by atoms with Crippen molar-refractivity contribution in [1.29, 1.82) is 0 Å². The molecule has 0 unspecified atom stereocenters. The van der Waals surface area contributed by atoms with Gasteiger partial charge in [0.15, 0.2) is 0 Å². The van der Waals surface area contributed by atoms with E-state index in [1.165, 1.54) is 17.0 Å². The van der Waals surface area contributed by atoms with E-state index in [-0.39, 0.29) is 6.54 Å². The highest BCUT2D eigenvalue weighted by Gasteiger charge is 2.32. The minimum Gasteiger partial charge on any atom is -0.368 e. The number of hydrogen-bond acceptors (Lipinski definition) is 2. The largest absolute Gasteiger partial charge is 0.416 e. The lowest BCUT2D eigenvalue weighted by Crippen LogP contribution is -2.41. The Hall–Kier alpha value is -3.61. The molecule has 3 aromatic carbocycles. The Morgan fingerprint density at radius 2 is 1.37 bits per heavy atom. The molecule has 4 nitrogen and oxygen atoms in total. The first-order valence-electron chi connectivity index (χ1n) is 9.14. The number of alkyl halides is 3. The standard InChI is InChI=1S/C23H19F3N2O2/c24-23(25,26)19-13-11-16(12-14-19)15-28(22(30)18-9-5-2-6-10-18)20(21(27)29)17-7-3-1-4-8-17/h1-14,20H,15H2,(H2,27,29)/t20-/m1/s1. The molecule has 0 aliphatic rings. The normalized spacial score (nSPS) is 12.2. The Kier molecular flexibility index (Phi) is 6.20. The van der Waals surface area contributed by atoms with Crippen molar-refractivity contribution in [3.63, 3.8) is 0 Å². The minimum atomic E-state index is -4.46. The molecule has 0 heterocycles. The number of carbonyl (C=O) groups is 2. The van der Waals surface area contributed by atoms with Crippen LogP contribution in [0.2, 0.25) is 0 Å². The predicted octanol–water partition coefficient (Wildman–Crippen LogP) is 4.57. The van der Waals surface area contributed by atoms with Crippen LogP contribution in [0.4, 0.5) is 13.2 Å². The number of halogens is 3. The molecule has 0 saturated carbocycles. The molecule has 30 heavy (non-hydrogen) atoms. The number of rotatable bonds is 6. The maximum absolute atomic E-state index is 13.2. The highest BCUT2D eigenvalue weighted by Crippen LogP contribution is 2.30. The summed E-state index contributed by atoms with van der Waals surface area (Å²) in [4.78, 5) is 26.8. The monoisotopic (exact) mass is 412 g/mol. The van der Waals surface area contributed by atoms with E-state index in [9.17, 15) is 22.8 Å². The van der Waals surface area contributed by atoms with Gasteiger partial charge in [-0.2, -0.15) is 13.2 Å². The van der Waals surface area contributed by atoms with E-state index >= 15 is 0 Å². The van der Waals surface area contributed by atoms with Crippen LogP contribution >= 0.6 is 0 Å². The molecule has 0 bridgehead atoms. The quantitative estimate of drug-likeness (QED) is 0.644. The molecule has 0 fully saturated rings. The molecule has 1 atom stereocenters. The van der Waals surface area contributed by atoms with Crippen LogP contribution in [0.5, 0.6) is 0 Å². The van der Waals surface area contributed by atoms with E-state index in [0.717, 1.165) is 12.1 Å². The average Bonchev–Trinajstić information content (AvgIpc) is 2.73. The maximum Gasteiger partial charge on any atom is 0.416 e. The number of hydrogen-bond donors (Lipinski definition) is 1. The smallest absolute Gasteiger partial charge is 0.368 e. The van der Waals surface area contributed by atoms with Gasteiger partial charge in [0.05, 0.1) is 5.56 Å². The van der Waals surface area contributed by atoms with Gasteiger partial charge in [-0.3, -0.25) is 9.59 Å². The summed E-state index contributed by atoms with van der Waals surface area (Å²) in [6, 6.07) is 20.3. The fraction of sp³-hybridized carbons (Fsp3) is 0.130. The Morgan fingerprint density at radius 1 is 0.833 bits per heavy atom. The van der Waals surface area contributed by atoms with Crippen molar-refractivity contribution in [2.45, 2.75) is 18.8 Å². The van der Waals surface area contributed by atoms with Crippen LogP contribution in [-0.4, -0.2) is 16.7 Å². The summed E-state index contributed by atoms with van der Waals surface area (Å²) < 4.78 is 38.6. The van der Waals surface area contributed by atoms with Gasteiger partial charge in [0.25, 0.3) is 5.91 Å². The summed E-state index contributed by atoms with van der Waals surface area (Å²) >= 11 is 0. The van der Waals surface area contributed by atoms with Gasteiger partial charge in [-0.15, -0.1) is 0 Å². The van der Waals surface area contributed by atoms with E-state index in [1.54, 1.807) is 60.7 Å². The van der Waals surface area contributed by atoms with Gasteiger partial charge in [-0.25, -0.2) is 0 Å². The van der Waals surface area contributed by atoms with Crippen LogP contribution in [0.15, 0.2) is 84.9 Å². The second-order valence-corrected chi connectivity index (χ2v) is 6.71. The molecule has 3 rings (SSSR count). The molecule has 3 aromatic rings. The predicted molar refractivity (Wildman–Crippen MR) is 106 cm³/mol. The zero-order valence-corrected chi connectivity index (χ0v) is 15.8. The number of benzene rings is 3. The summed E-state index contributed by atoms with van der Waals surface area (Å²) in [7, 11) is 0. The Bertz CT molecular complexity index is 1000. The molecule has 0 aromatic heterocycles. The van der Waals surface area contributed by atoms with Crippen molar-refractivity contribution in [1.82, 2.24) is 4.90 Å². The maximum atomic E-state index is 13.2. The van der Waals surface area contributed by atoms with E-state index in [4.69, 9.17) is 5.73 Å². The first-order valence-corrected chi connectivity index (χ1v) is 9.14. The van der Waals surface area contributed by atoms with Crippen LogP contribution in [-0.2, 0) is 17.5 Å². The third-order valence-corrected chi connectivity index (χ3v) is 4.61. The number of nitrogens with zero attached hydrogens (tertiary/aromatic N) is 1. The number of primary amides is 1. The number of carbonyl (C=O) groups excluding carboxylic acids is 2. The summed E-state index contributed by atoms with van der Waals surface area (Å²) in [6.07, 6.45) is -4.46. The Balaban J connectivity index is 2.01. The Morgan fingerprint density at radius 3 is 1.87 bits per heavy atom. The van der Waals surface area contributed by atoms with Crippen molar-refractivity contribution >= 4 is 11.8 Å². The molecule has 2 N–H and O–H groups in total. The first kappa shape index (κ1) is 21.1. The summed E-state index contributed by atoms with van der Waals surface area (Å²) in [5, 5.41) is 0. The zero-order valence-electron chi connectivity index (χ0n) is 15.8. The van der Waals surface area contributed by atoms with Crippen molar-refractivity contribution in [2.75, 3.05) is 0 Å². The third-order valence-electron chi connectivity index (χ3n) is 4.61. The average molecular weight is 412 g/mol. The fourth-order valence-electron chi connectivity index (χ4n) is 3.16. The van der Waals surface area contributed by atoms with Gasteiger partial charge in [-0.05, 0) is 35.4 Å². The number of amides is 2. The molecule has 0 aliphatic heterocycles. The van der Waals surface area contributed by atoms with E-state index in [2.05, 4.69) is 0 Å². The fourth-order valence-corrected chi connectivity index (χ4v) is 3.16. The first-order chi connectivity index (χ1) is 14.3. The van der Waals surface area contributed by atoms with Crippen molar-refractivity contribution in [3.05, 3.63) is 107 Å². The van der Waals surface area contributed by atoms with Gasteiger partial charge in [0, 0.05) is 12.1 Å². The van der Waals surface area contributed by atoms with Crippen LogP contribution in [0.25, 0.3) is 0 Å². The van der Waals surface area contributed by atoms with Crippen LogP contribution in [0, 0.1) is 0 Å². The summed E-state index contributed by atoms with van der Waals surface area (Å²) in [6.45, 7) is -0.0889. The van der Waals surface area contributed by atoms with Crippen LogP contribution in [0.1, 0.15) is 33.1 Å². The SMILES string of the molecule is NC(=O)[C@@H](c1ccccc1)N(Cc1ccc(C(F)(F)F)cc1)C(=O)c1ccccc1. The van der Waals surface area contributed by atoms with Crippen molar-refractivity contribution < 1.29 is 22.8 Å². The highest BCUT2D eigenvalue weighted by molar-refractivity contribution is 5.97. The molecule has 2 amide bonds. The topological polar surface area (TPSA) is 63.4 Å². The van der Waals surface area contributed by atoms with Gasteiger partial charge < -0.3 is 10.6 Å². The molecule has 7 heteroatoms. The molecule has 0 radical (unpaired) electrons. The van der Waals surface area contributed by atoms with Crippen molar-refractivity contribution in [3.8, 4) is 0 Å². The van der Waals surface area contributed by atoms with E-state index < -0.39 is 29.6 Å². The molecular weight excluding hydrogens is 393 g/mol. The van der Waals surface area contributed by atoms with Gasteiger partial charge in [-0.1, -0.05) is 60.7 Å². The Labute approximate surface area is 171 Å².